The Labute approximate surface area is 171 Å². The molecule has 1 rings (SSSR count). The monoisotopic (exact) mass is 388 g/mol. The number of unbranched alkanes of at least 4 members (excludes halogenated alkanes) is 4. The molecule has 3 heteroatoms. The van der Waals surface area contributed by atoms with Gasteiger partial charge in [0.1, 0.15) is 5.78 Å². The van der Waals surface area contributed by atoms with Crippen molar-refractivity contribution in [3.8, 4) is 0 Å². The molecule has 3 nitrogen and oxygen atoms in total. The van der Waals surface area contributed by atoms with Gasteiger partial charge >= 0.3 is 5.97 Å². The fourth-order valence-corrected chi connectivity index (χ4v) is 3.37. The maximum absolute atomic E-state index is 11.5. The largest absolute Gasteiger partial charge is 0.481 e. The maximum atomic E-state index is 11.5. The van der Waals surface area contributed by atoms with Gasteiger partial charge in [-0.05, 0) is 70.4 Å². The molecule has 0 amide bonds. The van der Waals surface area contributed by atoms with Gasteiger partial charge in [-0.15, -0.1) is 0 Å². The van der Waals surface area contributed by atoms with Gasteiger partial charge in [0.2, 0.25) is 0 Å². The number of ketones is 1. The van der Waals surface area contributed by atoms with E-state index >= 15 is 0 Å². The number of carboxylic acid groups (broad SMARTS) is 1. The van der Waals surface area contributed by atoms with Crippen LogP contribution in [0.5, 0.6) is 0 Å². The molecular formula is C25H40O3. The Morgan fingerprint density at radius 1 is 0.786 bits per heavy atom. The molecule has 1 aromatic rings. The van der Waals surface area contributed by atoms with E-state index < -0.39 is 11.4 Å². The Morgan fingerprint density at radius 2 is 1.25 bits per heavy atom. The highest BCUT2D eigenvalue weighted by Crippen LogP contribution is 2.25. The van der Waals surface area contributed by atoms with Crippen molar-refractivity contribution in [2.75, 3.05) is 0 Å². The van der Waals surface area contributed by atoms with Gasteiger partial charge in [0, 0.05) is 5.41 Å². The number of benzene rings is 1. The van der Waals surface area contributed by atoms with Crippen molar-refractivity contribution in [2.24, 2.45) is 10.8 Å². The van der Waals surface area contributed by atoms with Gasteiger partial charge in [-0.3, -0.25) is 9.59 Å². The molecule has 1 N–H and O–H groups in total. The van der Waals surface area contributed by atoms with Gasteiger partial charge in [-0.1, -0.05) is 63.8 Å². The van der Waals surface area contributed by atoms with E-state index in [1.165, 1.54) is 30.4 Å². The van der Waals surface area contributed by atoms with E-state index in [0.717, 1.165) is 44.9 Å². The second-order valence-corrected chi connectivity index (χ2v) is 9.57. The molecule has 0 aliphatic heterocycles. The minimum Gasteiger partial charge on any atom is -0.481 e. The van der Waals surface area contributed by atoms with Gasteiger partial charge in [0.05, 0.1) is 5.41 Å². The van der Waals surface area contributed by atoms with Gasteiger partial charge in [0.15, 0.2) is 0 Å². The fraction of sp³-hybridized carbons (Fsp3) is 0.680. The second-order valence-electron chi connectivity index (χ2n) is 9.57. The number of Topliss-reactive ketones (excluding diaryl/α,β-unsaturated/α-hetero) is 1. The first-order chi connectivity index (χ1) is 13.0. The molecule has 1 aromatic carbocycles. The van der Waals surface area contributed by atoms with Crippen LogP contribution in [0.2, 0.25) is 0 Å². The molecule has 0 radical (unpaired) electrons. The molecule has 158 valence electrons. The van der Waals surface area contributed by atoms with Gasteiger partial charge in [0.25, 0.3) is 0 Å². The maximum Gasteiger partial charge on any atom is 0.309 e. The Kier molecular flexibility index (Phi) is 9.92. The number of carbonyl (C=O) groups is 2. The first-order valence-corrected chi connectivity index (χ1v) is 10.9. The van der Waals surface area contributed by atoms with Crippen molar-refractivity contribution in [1.29, 1.82) is 0 Å². The van der Waals surface area contributed by atoms with Crippen molar-refractivity contribution in [3.63, 3.8) is 0 Å². The first-order valence-electron chi connectivity index (χ1n) is 10.9. The van der Waals surface area contributed by atoms with Gasteiger partial charge < -0.3 is 5.11 Å². The van der Waals surface area contributed by atoms with Crippen molar-refractivity contribution < 1.29 is 14.7 Å². The molecule has 0 aromatic heterocycles. The summed E-state index contributed by atoms with van der Waals surface area (Å²) in [7, 11) is 0. The lowest BCUT2D eigenvalue weighted by Gasteiger charge is -2.20. The topological polar surface area (TPSA) is 54.4 Å². The molecule has 0 saturated heterocycles. The van der Waals surface area contributed by atoms with E-state index in [1.54, 1.807) is 20.8 Å². The summed E-state index contributed by atoms with van der Waals surface area (Å²) in [6.07, 6.45) is 10.5. The molecule has 0 aliphatic rings. The Hall–Kier alpha value is -1.64. The molecule has 0 heterocycles. The summed E-state index contributed by atoms with van der Waals surface area (Å²) in [5.74, 6) is -0.421. The summed E-state index contributed by atoms with van der Waals surface area (Å²) in [6, 6.07) is 8.83. The predicted molar refractivity (Wildman–Crippen MR) is 117 cm³/mol. The van der Waals surface area contributed by atoms with Crippen LogP contribution in [-0.4, -0.2) is 16.9 Å². The first kappa shape index (κ1) is 24.4. The molecule has 0 atom stereocenters. The number of hydrogen-bond donors (Lipinski definition) is 1. The van der Waals surface area contributed by atoms with Crippen LogP contribution >= 0.6 is 0 Å². The van der Waals surface area contributed by atoms with E-state index in [0.29, 0.717) is 0 Å². The van der Waals surface area contributed by atoms with Crippen LogP contribution in [0.1, 0.15) is 97.1 Å². The number of aliphatic carboxylic acids is 1. The SMILES string of the molecule is CC(=O)C(C)(C)CCCCCCc1cccc(CCCCC(C)(C)C(=O)O)c1. The van der Waals surface area contributed by atoms with Gasteiger partial charge in [-0.2, -0.15) is 0 Å². The normalized spacial score (nSPS) is 12.2. The Balaban J connectivity index is 2.26. The van der Waals surface area contributed by atoms with Crippen LogP contribution in [-0.2, 0) is 22.4 Å². The smallest absolute Gasteiger partial charge is 0.309 e. The fourth-order valence-electron chi connectivity index (χ4n) is 3.37. The number of rotatable bonds is 14. The molecule has 28 heavy (non-hydrogen) atoms. The molecule has 0 saturated carbocycles. The van der Waals surface area contributed by atoms with Gasteiger partial charge in [-0.25, -0.2) is 0 Å². The Bertz CT molecular complexity index is 628. The van der Waals surface area contributed by atoms with E-state index in [4.69, 9.17) is 0 Å². The van der Waals surface area contributed by atoms with E-state index in [1.807, 2.05) is 13.8 Å². The quantitative estimate of drug-likeness (QED) is 0.364. The third-order valence-electron chi connectivity index (χ3n) is 6.06. The van der Waals surface area contributed by atoms with Crippen molar-refractivity contribution in [1.82, 2.24) is 0 Å². The molecule has 0 spiro atoms. The lowest BCUT2D eigenvalue weighted by Crippen LogP contribution is -2.23. The lowest BCUT2D eigenvalue weighted by molar-refractivity contribution is -0.147. The summed E-state index contributed by atoms with van der Waals surface area (Å²) < 4.78 is 0. The second kappa shape index (κ2) is 11.4. The van der Waals surface area contributed by atoms with Crippen LogP contribution in [0.4, 0.5) is 0 Å². The summed E-state index contributed by atoms with van der Waals surface area (Å²) in [5, 5.41) is 9.18. The number of carboxylic acids is 1. The minimum atomic E-state index is -0.709. The van der Waals surface area contributed by atoms with E-state index in [9.17, 15) is 14.7 Å². The molecule has 0 aliphatic carbocycles. The van der Waals surface area contributed by atoms with Crippen LogP contribution in [0.15, 0.2) is 24.3 Å². The van der Waals surface area contributed by atoms with Crippen molar-refractivity contribution in [3.05, 3.63) is 35.4 Å². The summed E-state index contributed by atoms with van der Waals surface area (Å²) in [4.78, 5) is 22.7. The number of aryl methyl sites for hydroxylation is 2. The van der Waals surface area contributed by atoms with Crippen LogP contribution in [0.3, 0.4) is 0 Å². The van der Waals surface area contributed by atoms with E-state index in [2.05, 4.69) is 24.3 Å². The average molecular weight is 389 g/mol. The van der Waals surface area contributed by atoms with Crippen molar-refractivity contribution in [2.45, 2.75) is 98.8 Å². The minimum absolute atomic E-state index is 0.173. The third-order valence-corrected chi connectivity index (χ3v) is 6.06. The van der Waals surface area contributed by atoms with E-state index in [-0.39, 0.29) is 11.2 Å². The standard InChI is InChI=1S/C25H40O3/c1-20(26)24(2,3)17-10-7-6-8-13-21-15-12-16-22(19-21)14-9-11-18-25(4,5)23(27)28/h12,15-16,19H,6-11,13-14,17-18H2,1-5H3,(H,27,28). The third kappa shape index (κ3) is 9.03. The average Bonchev–Trinajstić information content (AvgIpc) is 2.61. The predicted octanol–water partition coefficient (Wildman–Crippen LogP) is 6.62. The lowest BCUT2D eigenvalue weighted by atomic mass is 9.83. The molecule has 0 bridgehead atoms. The van der Waals surface area contributed by atoms with Crippen LogP contribution in [0.25, 0.3) is 0 Å². The zero-order valence-electron chi connectivity index (χ0n) is 18.6. The Morgan fingerprint density at radius 3 is 1.79 bits per heavy atom. The number of hydrogen-bond acceptors (Lipinski definition) is 2. The molecule has 0 fully saturated rings. The highest BCUT2D eigenvalue weighted by atomic mass is 16.4. The molecular weight excluding hydrogens is 348 g/mol. The zero-order valence-corrected chi connectivity index (χ0v) is 18.6. The highest BCUT2D eigenvalue weighted by Gasteiger charge is 2.26. The molecule has 0 unspecified atom stereocenters. The summed E-state index contributed by atoms with van der Waals surface area (Å²) in [6.45, 7) is 9.39. The number of carbonyl (C=O) groups excluding carboxylic acids is 1. The summed E-state index contributed by atoms with van der Waals surface area (Å²) >= 11 is 0. The van der Waals surface area contributed by atoms with Crippen LogP contribution < -0.4 is 0 Å². The van der Waals surface area contributed by atoms with Crippen LogP contribution in [0, 0.1) is 10.8 Å². The summed E-state index contributed by atoms with van der Waals surface area (Å²) in [5.41, 5.74) is 1.96. The van der Waals surface area contributed by atoms with Crippen molar-refractivity contribution >= 4 is 11.8 Å². The zero-order chi connectivity index (χ0) is 21.2. The highest BCUT2D eigenvalue weighted by molar-refractivity contribution is 5.81.